The molecule has 0 aromatic heterocycles. The molecule has 72 valence electrons. The van der Waals surface area contributed by atoms with E-state index < -0.39 is 0 Å². The smallest absolute Gasteiger partial charge is 0.00764 e. The molecule has 0 aliphatic carbocycles. The molecule has 0 aliphatic rings. The van der Waals surface area contributed by atoms with E-state index >= 15 is 0 Å². The minimum absolute atomic E-state index is 1.06. The summed E-state index contributed by atoms with van der Waals surface area (Å²) in [5, 5.41) is 6.23. The Hall–Kier alpha value is -0.0800. The molecule has 0 rings (SSSR count). The third-order valence-electron chi connectivity index (χ3n) is 0.802. The summed E-state index contributed by atoms with van der Waals surface area (Å²) >= 11 is 0. The molecular weight excluding hydrogens is 136 g/mol. The molecule has 2 heteroatoms. The molecule has 0 amide bonds. The Morgan fingerprint density at radius 3 is 1.64 bits per heavy atom. The van der Waals surface area contributed by atoms with E-state index in [0.717, 1.165) is 19.6 Å². The van der Waals surface area contributed by atoms with Crippen LogP contribution in [0.3, 0.4) is 0 Å². The predicted molar refractivity (Wildman–Crippen MR) is 55.2 cm³/mol. The van der Waals surface area contributed by atoms with Gasteiger partial charge in [-0.3, -0.25) is 0 Å². The van der Waals surface area contributed by atoms with Crippen LogP contribution >= 0.6 is 0 Å². The zero-order valence-electron chi connectivity index (χ0n) is 9.12. The quantitative estimate of drug-likeness (QED) is 0.617. The van der Waals surface area contributed by atoms with Gasteiger partial charge in [-0.05, 0) is 13.6 Å². The maximum atomic E-state index is 3.19. The molecule has 0 unspecified atom stereocenters. The van der Waals surface area contributed by atoms with Crippen LogP contribution < -0.4 is 10.6 Å². The summed E-state index contributed by atoms with van der Waals surface area (Å²) in [5.74, 6) is 0. The van der Waals surface area contributed by atoms with E-state index in [0.29, 0.717) is 0 Å². The highest BCUT2D eigenvalue weighted by atomic mass is 14.9. The molecule has 0 aromatic carbocycles. The van der Waals surface area contributed by atoms with Crippen molar-refractivity contribution in [1.29, 1.82) is 0 Å². The summed E-state index contributed by atoms with van der Waals surface area (Å²) in [4.78, 5) is 0. The van der Waals surface area contributed by atoms with E-state index in [2.05, 4.69) is 17.6 Å². The van der Waals surface area contributed by atoms with Gasteiger partial charge in [0.2, 0.25) is 0 Å². The van der Waals surface area contributed by atoms with Gasteiger partial charge in [0, 0.05) is 13.1 Å². The molecule has 0 radical (unpaired) electrons. The minimum Gasteiger partial charge on any atom is -0.318 e. The highest BCUT2D eigenvalue weighted by Gasteiger charge is 1.75. The summed E-state index contributed by atoms with van der Waals surface area (Å²) in [5.41, 5.74) is 0. The number of likely N-dealkylation sites (N-methyl/N-ethyl adjacent to an activating group) is 2. The minimum atomic E-state index is 1.06. The van der Waals surface area contributed by atoms with Gasteiger partial charge in [0.05, 0.1) is 0 Å². The number of rotatable bonds is 4. The van der Waals surface area contributed by atoms with Gasteiger partial charge in [-0.15, -0.1) is 0 Å². The van der Waals surface area contributed by atoms with Gasteiger partial charge < -0.3 is 10.6 Å². The monoisotopic (exact) mass is 162 g/mol. The van der Waals surface area contributed by atoms with Crippen LogP contribution in [0.1, 0.15) is 34.6 Å². The van der Waals surface area contributed by atoms with Crippen LogP contribution in [0.5, 0.6) is 0 Å². The van der Waals surface area contributed by atoms with Gasteiger partial charge >= 0.3 is 0 Å². The zero-order valence-corrected chi connectivity index (χ0v) is 9.12. The molecule has 2 nitrogen and oxygen atoms in total. The van der Waals surface area contributed by atoms with Crippen molar-refractivity contribution in [2.24, 2.45) is 0 Å². The fourth-order valence-electron chi connectivity index (χ4n) is 0.390. The normalized spacial score (nSPS) is 7.09. The van der Waals surface area contributed by atoms with E-state index in [1.54, 1.807) is 0 Å². The standard InChI is InChI=1S/C5H14N2.2C2H6/c1-3-7-5-4-6-2;2*1-2/h6-7H,3-5H2,1-2H3;2*1-2H3. The molecule has 0 spiro atoms. The van der Waals surface area contributed by atoms with Crippen LogP contribution in [0.25, 0.3) is 0 Å². The molecule has 0 atom stereocenters. The van der Waals surface area contributed by atoms with Crippen LogP contribution in [0.4, 0.5) is 0 Å². The molecule has 0 aromatic rings. The van der Waals surface area contributed by atoms with Gasteiger partial charge in [-0.2, -0.15) is 0 Å². The van der Waals surface area contributed by atoms with Crippen LogP contribution in [0.2, 0.25) is 0 Å². The molecule has 0 bridgehead atoms. The highest BCUT2D eigenvalue weighted by molar-refractivity contribution is 4.42. The molecular formula is C9H26N2. The van der Waals surface area contributed by atoms with Gasteiger partial charge in [-0.25, -0.2) is 0 Å². The molecule has 0 saturated carbocycles. The average Bonchev–Trinajstić information content (AvgIpc) is 2.13. The first-order chi connectivity index (χ1) is 5.41. The number of nitrogens with one attached hydrogen (secondary N) is 2. The largest absolute Gasteiger partial charge is 0.318 e. The van der Waals surface area contributed by atoms with Crippen molar-refractivity contribution in [3.8, 4) is 0 Å². The van der Waals surface area contributed by atoms with Crippen LogP contribution in [-0.2, 0) is 0 Å². The van der Waals surface area contributed by atoms with Gasteiger partial charge in [0.25, 0.3) is 0 Å². The van der Waals surface area contributed by atoms with Crippen molar-refractivity contribution in [2.75, 3.05) is 26.7 Å². The molecule has 11 heavy (non-hydrogen) atoms. The molecule has 0 saturated heterocycles. The predicted octanol–water partition coefficient (Wildman–Crippen LogP) is 1.87. The second-order valence-electron chi connectivity index (χ2n) is 1.46. The van der Waals surface area contributed by atoms with E-state index in [-0.39, 0.29) is 0 Å². The van der Waals surface area contributed by atoms with Gasteiger partial charge in [0.1, 0.15) is 0 Å². The lowest BCUT2D eigenvalue weighted by atomic mass is 10.6. The maximum Gasteiger partial charge on any atom is 0.00764 e. The fourth-order valence-corrected chi connectivity index (χ4v) is 0.390. The van der Waals surface area contributed by atoms with Gasteiger partial charge in [-0.1, -0.05) is 34.6 Å². The van der Waals surface area contributed by atoms with E-state index in [4.69, 9.17) is 0 Å². The second kappa shape index (κ2) is 32.6. The van der Waals surface area contributed by atoms with Gasteiger partial charge in [0.15, 0.2) is 0 Å². The molecule has 2 N–H and O–H groups in total. The van der Waals surface area contributed by atoms with Crippen molar-refractivity contribution >= 4 is 0 Å². The average molecular weight is 162 g/mol. The maximum absolute atomic E-state index is 3.19. The lowest BCUT2D eigenvalue weighted by Gasteiger charge is -1.96. The summed E-state index contributed by atoms with van der Waals surface area (Å²) in [6, 6.07) is 0. The van der Waals surface area contributed by atoms with Crippen LogP contribution in [-0.4, -0.2) is 26.7 Å². The Balaban J connectivity index is -0.000000138. The second-order valence-corrected chi connectivity index (χ2v) is 1.46. The first kappa shape index (κ1) is 17.1. The Morgan fingerprint density at radius 2 is 1.36 bits per heavy atom. The molecule has 0 fully saturated rings. The fraction of sp³-hybridized carbons (Fsp3) is 1.00. The summed E-state index contributed by atoms with van der Waals surface area (Å²) in [6.45, 7) is 13.3. The van der Waals surface area contributed by atoms with Crippen molar-refractivity contribution < 1.29 is 0 Å². The Bertz CT molecular complexity index is 26.7. The highest BCUT2D eigenvalue weighted by Crippen LogP contribution is 1.52. The van der Waals surface area contributed by atoms with Crippen LogP contribution in [0, 0.1) is 0 Å². The Kier molecular flexibility index (Phi) is 50.8. The van der Waals surface area contributed by atoms with Crippen molar-refractivity contribution in [1.82, 2.24) is 10.6 Å². The SMILES string of the molecule is CC.CC.CCNCCNC. The topological polar surface area (TPSA) is 24.1 Å². The molecule has 0 heterocycles. The van der Waals surface area contributed by atoms with E-state index in [1.807, 2.05) is 34.7 Å². The summed E-state index contributed by atoms with van der Waals surface area (Å²) in [6.07, 6.45) is 0. The first-order valence-electron chi connectivity index (χ1n) is 4.77. The summed E-state index contributed by atoms with van der Waals surface area (Å²) < 4.78 is 0. The lowest BCUT2D eigenvalue weighted by Crippen LogP contribution is -2.24. The zero-order chi connectivity index (χ0) is 9.54. The Labute approximate surface area is 72.8 Å². The van der Waals surface area contributed by atoms with Crippen molar-refractivity contribution in [3.63, 3.8) is 0 Å². The molecule has 0 aliphatic heterocycles. The van der Waals surface area contributed by atoms with E-state index in [9.17, 15) is 0 Å². The first-order valence-corrected chi connectivity index (χ1v) is 4.77. The van der Waals surface area contributed by atoms with Crippen molar-refractivity contribution in [2.45, 2.75) is 34.6 Å². The van der Waals surface area contributed by atoms with E-state index in [1.165, 1.54) is 0 Å². The third-order valence-corrected chi connectivity index (χ3v) is 0.802. The number of hydrogen-bond acceptors (Lipinski definition) is 2. The number of hydrogen-bond donors (Lipinski definition) is 2. The third kappa shape index (κ3) is 40.5. The van der Waals surface area contributed by atoms with Crippen molar-refractivity contribution in [3.05, 3.63) is 0 Å². The summed E-state index contributed by atoms with van der Waals surface area (Å²) in [7, 11) is 1.96. The van der Waals surface area contributed by atoms with Crippen LogP contribution in [0.15, 0.2) is 0 Å². The lowest BCUT2D eigenvalue weighted by molar-refractivity contribution is 0.672. The Morgan fingerprint density at radius 1 is 0.909 bits per heavy atom.